The fourth-order valence-electron chi connectivity index (χ4n) is 6.95. The van der Waals surface area contributed by atoms with Crippen LogP contribution in [-0.2, 0) is 41.7 Å². The molecule has 4 N–H and O–H groups in total. The van der Waals surface area contributed by atoms with Crippen LogP contribution >= 0.6 is 23.5 Å². The molecule has 0 aliphatic carbocycles. The molecule has 8 rings (SSSR count). The molecule has 3 aliphatic rings. The molecule has 3 heterocycles. The van der Waals surface area contributed by atoms with Crippen molar-refractivity contribution in [1.29, 1.82) is 0 Å². The summed E-state index contributed by atoms with van der Waals surface area (Å²) in [6, 6.07) is 27.1. The van der Waals surface area contributed by atoms with Gasteiger partial charge in [-0.1, -0.05) is 53.9 Å². The lowest BCUT2D eigenvalue weighted by atomic mass is 9.95. The van der Waals surface area contributed by atoms with Crippen LogP contribution in [0.3, 0.4) is 0 Å². The highest BCUT2D eigenvalue weighted by Crippen LogP contribution is 2.57. The largest absolute Gasteiger partial charge is 0.488 e. The Hall–Kier alpha value is -4.64. The normalized spacial score (nSPS) is 16.8. The molecule has 0 fully saturated rings. The van der Waals surface area contributed by atoms with Gasteiger partial charge in [-0.15, -0.1) is 0 Å². The van der Waals surface area contributed by atoms with Crippen LogP contribution < -0.4 is 28.4 Å². The minimum atomic E-state index is -1.31. The van der Waals surface area contributed by atoms with Gasteiger partial charge >= 0.3 is 0 Å². The molecule has 298 valence electrons. The fraction of sp³-hybridized carbons (Fsp3) is 0.302. The molecule has 5 aromatic rings. The van der Waals surface area contributed by atoms with E-state index in [-0.39, 0.29) is 79.3 Å². The molecule has 14 heteroatoms. The van der Waals surface area contributed by atoms with Crippen LogP contribution in [-0.4, -0.2) is 73.3 Å². The summed E-state index contributed by atoms with van der Waals surface area (Å²) < 4.78 is 50.8. The van der Waals surface area contributed by atoms with Gasteiger partial charge in [0.25, 0.3) is 0 Å². The second-order valence-electron chi connectivity index (χ2n) is 13.1. The predicted molar refractivity (Wildman–Crippen MR) is 210 cm³/mol. The van der Waals surface area contributed by atoms with Gasteiger partial charge in [-0.05, 0) is 76.9 Å². The first-order valence-electron chi connectivity index (χ1n) is 18.6. The molecule has 1 unspecified atom stereocenters. The van der Waals surface area contributed by atoms with E-state index in [1.54, 1.807) is 12.1 Å². The van der Waals surface area contributed by atoms with E-state index in [1.165, 1.54) is 23.5 Å². The number of benzene rings is 5. The molecule has 0 saturated heterocycles. The zero-order chi connectivity index (χ0) is 39.2. The van der Waals surface area contributed by atoms with Crippen LogP contribution in [0.5, 0.6) is 34.5 Å². The van der Waals surface area contributed by atoms with E-state index in [1.807, 2.05) is 60.7 Å². The Morgan fingerprint density at radius 1 is 0.491 bits per heavy atom. The molecule has 0 radical (unpaired) electrons. The van der Waals surface area contributed by atoms with Crippen molar-refractivity contribution in [3.05, 3.63) is 118 Å². The van der Waals surface area contributed by atoms with Crippen molar-refractivity contribution < 1.29 is 58.3 Å². The van der Waals surface area contributed by atoms with Crippen LogP contribution in [0.15, 0.2) is 105 Å². The molecule has 5 aromatic carbocycles. The second-order valence-corrected chi connectivity index (χ2v) is 15.2. The summed E-state index contributed by atoms with van der Waals surface area (Å²) in [5.74, 6) is 1.61. The zero-order valence-electron chi connectivity index (χ0n) is 30.9. The number of aliphatic hydroxyl groups excluding tert-OH is 4. The Balaban J connectivity index is 1.18. The van der Waals surface area contributed by atoms with Gasteiger partial charge in [0.15, 0.2) is 23.0 Å². The lowest BCUT2D eigenvalue weighted by Crippen LogP contribution is -2.36. The van der Waals surface area contributed by atoms with Crippen molar-refractivity contribution >= 4 is 23.5 Å². The molecule has 1 spiro atoms. The van der Waals surface area contributed by atoms with Crippen molar-refractivity contribution in [3.63, 3.8) is 0 Å². The highest BCUT2D eigenvalue weighted by atomic mass is 32.2. The van der Waals surface area contributed by atoms with E-state index < -0.39 is 5.79 Å². The standard InChI is InChI=1S/C43H42O12S2/c44-13-17-48-34-10-9-32-41(39(34)50-19-15-46)56-37-7-3-1-5-31(37)43(32)54-25-29-21-27-23-52-33-6-2-4-8-38(33)57-42-36(53-24-28(27)22-30(29)26-55-43)12-11-35(49-18-14-45)40(42)51-20-16-47/h1-12,21-22,44-47H,13-20,23-26H2. The molecule has 1 atom stereocenters. The van der Waals surface area contributed by atoms with E-state index in [2.05, 4.69) is 12.1 Å². The van der Waals surface area contributed by atoms with Crippen LogP contribution in [0, 0.1) is 0 Å². The Morgan fingerprint density at radius 2 is 1.00 bits per heavy atom. The second kappa shape index (κ2) is 17.9. The summed E-state index contributed by atoms with van der Waals surface area (Å²) in [5, 5.41) is 38.3. The molecular formula is C43H42O12S2. The van der Waals surface area contributed by atoms with Crippen molar-refractivity contribution in [3.8, 4) is 34.5 Å². The van der Waals surface area contributed by atoms with E-state index in [9.17, 15) is 20.4 Å². The Bertz CT molecular complexity index is 2210. The number of hydrogen-bond acceptors (Lipinski definition) is 14. The summed E-state index contributed by atoms with van der Waals surface area (Å²) in [4.78, 5) is 3.13. The maximum atomic E-state index is 9.68. The molecular weight excluding hydrogens is 773 g/mol. The average Bonchev–Trinajstić information content (AvgIpc) is 3.43. The number of fused-ring (bicyclic) bond motifs is 8. The van der Waals surface area contributed by atoms with E-state index >= 15 is 0 Å². The minimum Gasteiger partial charge on any atom is -0.488 e. The average molecular weight is 815 g/mol. The number of para-hydroxylation sites is 1. The van der Waals surface area contributed by atoms with Gasteiger partial charge in [0.2, 0.25) is 5.79 Å². The van der Waals surface area contributed by atoms with E-state index in [0.717, 1.165) is 48.1 Å². The van der Waals surface area contributed by atoms with Gasteiger partial charge in [0.05, 0.1) is 49.4 Å². The summed E-state index contributed by atoms with van der Waals surface area (Å²) >= 11 is 2.92. The molecule has 3 aliphatic heterocycles. The molecule has 0 aromatic heterocycles. The van der Waals surface area contributed by atoms with Gasteiger partial charge in [-0.2, -0.15) is 0 Å². The molecule has 0 bridgehead atoms. The molecule has 57 heavy (non-hydrogen) atoms. The van der Waals surface area contributed by atoms with Gasteiger partial charge in [0.1, 0.15) is 56.0 Å². The lowest BCUT2D eigenvalue weighted by molar-refractivity contribution is -0.228. The minimum absolute atomic E-state index is 0.0342. The number of ether oxygens (including phenoxy) is 8. The topological polar surface area (TPSA) is 155 Å². The van der Waals surface area contributed by atoms with Crippen molar-refractivity contribution in [2.75, 3.05) is 52.9 Å². The summed E-state index contributed by atoms with van der Waals surface area (Å²) in [5.41, 5.74) is 5.28. The molecule has 0 amide bonds. The van der Waals surface area contributed by atoms with Crippen LogP contribution in [0.25, 0.3) is 0 Å². The molecule has 0 saturated carbocycles. The summed E-state index contributed by atoms with van der Waals surface area (Å²) in [6.45, 7) is 0.381. The Morgan fingerprint density at radius 3 is 1.65 bits per heavy atom. The first-order chi connectivity index (χ1) is 28.1. The quantitative estimate of drug-likeness (QED) is 0.113. The lowest BCUT2D eigenvalue weighted by Gasteiger charge is -2.39. The van der Waals surface area contributed by atoms with Gasteiger partial charge in [-0.3, -0.25) is 0 Å². The third-order valence-electron chi connectivity index (χ3n) is 9.51. The summed E-state index contributed by atoms with van der Waals surface area (Å²) in [6.07, 6.45) is 0. The third-order valence-corrected chi connectivity index (χ3v) is 11.8. The first kappa shape index (κ1) is 39.2. The van der Waals surface area contributed by atoms with Crippen molar-refractivity contribution in [2.24, 2.45) is 0 Å². The highest BCUT2D eigenvalue weighted by molar-refractivity contribution is 8.00. The van der Waals surface area contributed by atoms with Crippen molar-refractivity contribution in [2.45, 2.75) is 51.8 Å². The third kappa shape index (κ3) is 7.96. The first-order valence-corrected chi connectivity index (χ1v) is 20.2. The number of hydrogen-bond donors (Lipinski definition) is 4. The molecule has 12 nitrogen and oxygen atoms in total. The number of aliphatic hydroxyl groups is 4. The highest BCUT2D eigenvalue weighted by Gasteiger charge is 2.47. The van der Waals surface area contributed by atoms with Crippen LogP contribution in [0.4, 0.5) is 0 Å². The fourth-order valence-corrected chi connectivity index (χ4v) is 9.26. The smallest absolute Gasteiger partial charge is 0.225 e. The van der Waals surface area contributed by atoms with Crippen molar-refractivity contribution in [1.82, 2.24) is 0 Å². The van der Waals surface area contributed by atoms with Gasteiger partial charge in [0, 0.05) is 16.0 Å². The zero-order valence-corrected chi connectivity index (χ0v) is 32.6. The van der Waals surface area contributed by atoms with Crippen LogP contribution in [0.2, 0.25) is 0 Å². The van der Waals surface area contributed by atoms with E-state index in [4.69, 9.17) is 37.9 Å². The monoisotopic (exact) mass is 814 g/mol. The van der Waals surface area contributed by atoms with Crippen LogP contribution in [0.1, 0.15) is 33.4 Å². The number of rotatable bonds is 12. The predicted octanol–water partition coefficient (Wildman–Crippen LogP) is 6.21. The SMILES string of the molecule is OCCOc1ccc2c(c1OCCO)Sc1ccccc1OCc1cc3c(cc1CO2)COC1(OC3)c2ccccc2Sc2c1ccc(OCCO)c2OCCO. The maximum Gasteiger partial charge on any atom is 0.225 e. The van der Waals surface area contributed by atoms with Gasteiger partial charge < -0.3 is 58.3 Å². The van der Waals surface area contributed by atoms with Gasteiger partial charge in [-0.25, -0.2) is 0 Å². The Labute approximate surface area is 338 Å². The maximum absolute atomic E-state index is 9.68. The van der Waals surface area contributed by atoms with E-state index in [0.29, 0.717) is 39.4 Å². The summed E-state index contributed by atoms with van der Waals surface area (Å²) in [7, 11) is 0. The Kier molecular flexibility index (Phi) is 12.3.